The summed E-state index contributed by atoms with van der Waals surface area (Å²) in [6.45, 7) is 5.87. The molecule has 1 unspecified atom stereocenters. The zero-order valence-electron chi connectivity index (χ0n) is 12.9. The SMILES string of the molecule is Cc1ccc(C)c(NC(=O)C(C)Sc2nnnn2C2CC2)c1. The molecule has 1 aromatic carbocycles. The first-order valence-corrected chi connectivity index (χ1v) is 8.25. The van der Waals surface area contributed by atoms with E-state index in [2.05, 4.69) is 20.8 Å². The van der Waals surface area contributed by atoms with Gasteiger partial charge in [0.2, 0.25) is 11.1 Å². The summed E-state index contributed by atoms with van der Waals surface area (Å²) in [5.74, 6) is -0.0379. The minimum absolute atomic E-state index is 0.0379. The van der Waals surface area contributed by atoms with Crippen molar-refractivity contribution in [3.05, 3.63) is 29.3 Å². The van der Waals surface area contributed by atoms with Crippen LogP contribution in [0.1, 0.15) is 36.9 Å². The number of rotatable bonds is 5. The fourth-order valence-corrected chi connectivity index (χ4v) is 2.99. The lowest BCUT2D eigenvalue weighted by Gasteiger charge is -2.13. The maximum absolute atomic E-state index is 12.4. The molecule has 1 saturated carbocycles. The molecule has 1 fully saturated rings. The smallest absolute Gasteiger partial charge is 0.237 e. The Kier molecular flexibility index (Phi) is 4.15. The third-order valence-corrected chi connectivity index (χ3v) is 4.70. The van der Waals surface area contributed by atoms with Crippen LogP contribution >= 0.6 is 11.8 Å². The van der Waals surface area contributed by atoms with Gasteiger partial charge in [0.1, 0.15) is 0 Å². The fourth-order valence-electron chi connectivity index (χ4n) is 2.13. The molecule has 116 valence electrons. The Morgan fingerprint density at radius 3 is 2.91 bits per heavy atom. The van der Waals surface area contributed by atoms with Crippen LogP contribution in [0, 0.1) is 13.8 Å². The molecule has 1 aromatic heterocycles. The van der Waals surface area contributed by atoms with Gasteiger partial charge in [-0.3, -0.25) is 4.79 Å². The van der Waals surface area contributed by atoms with Crippen molar-refractivity contribution in [3.63, 3.8) is 0 Å². The topological polar surface area (TPSA) is 72.7 Å². The van der Waals surface area contributed by atoms with Crippen LogP contribution in [0.5, 0.6) is 0 Å². The van der Waals surface area contributed by atoms with Gasteiger partial charge in [-0.15, -0.1) is 5.10 Å². The third-order valence-electron chi connectivity index (χ3n) is 3.66. The lowest BCUT2D eigenvalue weighted by molar-refractivity contribution is -0.115. The van der Waals surface area contributed by atoms with Crippen LogP contribution in [0.2, 0.25) is 0 Å². The van der Waals surface area contributed by atoms with Gasteiger partial charge in [0.15, 0.2) is 0 Å². The van der Waals surface area contributed by atoms with Gasteiger partial charge in [-0.05, 0) is 61.2 Å². The summed E-state index contributed by atoms with van der Waals surface area (Å²) in [7, 11) is 0. The second kappa shape index (κ2) is 6.08. The van der Waals surface area contributed by atoms with Crippen molar-refractivity contribution in [2.75, 3.05) is 5.32 Å². The van der Waals surface area contributed by atoms with Gasteiger partial charge in [-0.25, -0.2) is 4.68 Å². The van der Waals surface area contributed by atoms with E-state index in [0.29, 0.717) is 11.2 Å². The largest absolute Gasteiger partial charge is 0.325 e. The second-order valence-electron chi connectivity index (χ2n) is 5.70. The number of carbonyl (C=O) groups is 1. The average molecular weight is 317 g/mol. The highest BCUT2D eigenvalue weighted by Crippen LogP contribution is 2.37. The van der Waals surface area contributed by atoms with E-state index in [4.69, 9.17) is 0 Å². The Hall–Kier alpha value is -1.89. The molecule has 1 atom stereocenters. The summed E-state index contributed by atoms with van der Waals surface area (Å²) in [5.41, 5.74) is 3.04. The van der Waals surface area contributed by atoms with Crippen molar-refractivity contribution in [1.29, 1.82) is 0 Å². The van der Waals surface area contributed by atoms with Crippen LogP contribution in [0.25, 0.3) is 0 Å². The Morgan fingerprint density at radius 2 is 2.18 bits per heavy atom. The number of carbonyl (C=O) groups excluding carboxylic acids is 1. The lowest BCUT2D eigenvalue weighted by atomic mass is 10.1. The molecule has 7 heteroatoms. The molecule has 0 spiro atoms. The summed E-state index contributed by atoms with van der Waals surface area (Å²) in [6, 6.07) is 6.44. The van der Waals surface area contributed by atoms with Crippen molar-refractivity contribution in [2.45, 2.75) is 50.1 Å². The van der Waals surface area contributed by atoms with Gasteiger partial charge in [0.25, 0.3) is 0 Å². The van der Waals surface area contributed by atoms with Crippen molar-refractivity contribution < 1.29 is 4.79 Å². The molecule has 1 aliphatic carbocycles. The molecule has 1 N–H and O–H groups in total. The van der Waals surface area contributed by atoms with Crippen molar-refractivity contribution in [2.24, 2.45) is 0 Å². The van der Waals surface area contributed by atoms with Crippen LogP contribution in [-0.2, 0) is 4.79 Å². The molecule has 0 saturated heterocycles. The number of thioether (sulfide) groups is 1. The highest BCUT2D eigenvalue weighted by Gasteiger charge is 2.29. The van der Waals surface area contributed by atoms with Crippen LogP contribution in [0.15, 0.2) is 23.4 Å². The number of nitrogens with one attached hydrogen (secondary N) is 1. The Balaban J connectivity index is 1.66. The number of anilines is 1. The number of tetrazole rings is 1. The Labute approximate surface area is 133 Å². The number of amides is 1. The first kappa shape index (κ1) is 15.0. The minimum atomic E-state index is -0.261. The monoisotopic (exact) mass is 317 g/mol. The third kappa shape index (κ3) is 3.30. The quantitative estimate of drug-likeness (QED) is 0.858. The summed E-state index contributed by atoms with van der Waals surface area (Å²) < 4.78 is 1.83. The zero-order chi connectivity index (χ0) is 15.7. The minimum Gasteiger partial charge on any atom is -0.325 e. The van der Waals surface area contributed by atoms with E-state index in [1.807, 2.05) is 43.7 Å². The molecule has 1 aliphatic rings. The van der Waals surface area contributed by atoms with Gasteiger partial charge in [0, 0.05) is 5.69 Å². The van der Waals surface area contributed by atoms with Crippen molar-refractivity contribution >= 4 is 23.4 Å². The van der Waals surface area contributed by atoms with E-state index in [1.54, 1.807) is 0 Å². The predicted octanol–water partition coefficient (Wildman–Crippen LogP) is 2.74. The molecule has 0 aliphatic heterocycles. The highest BCUT2D eigenvalue weighted by atomic mass is 32.2. The summed E-state index contributed by atoms with van der Waals surface area (Å²) in [5, 5.41) is 15.2. The van der Waals surface area contributed by atoms with Crippen molar-refractivity contribution in [1.82, 2.24) is 20.2 Å². The molecule has 0 bridgehead atoms. The molecule has 1 heterocycles. The summed E-state index contributed by atoms with van der Waals surface area (Å²) >= 11 is 1.40. The normalized spacial score (nSPS) is 15.6. The van der Waals surface area contributed by atoms with E-state index < -0.39 is 0 Å². The summed E-state index contributed by atoms with van der Waals surface area (Å²) in [6.07, 6.45) is 2.23. The van der Waals surface area contributed by atoms with Crippen molar-refractivity contribution in [3.8, 4) is 0 Å². The standard InChI is InChI=1S/C15H19N5OS/c1-9-4-5-10(2)13(8-9)16-14(21)11(3)22-15-17-18-19-20(15)12-6-7-12/h4-5,8,11-12H,6-7H2,1-3H3,(H,16,21). The van der Waals surface area contributed by atoms with Gasteiger partial charge in [-0.2, -0.15) is 0 Å². The molecule has 6 nitrogen and oxygen atoms in total. The van der Waals surface area contributed by atoms with E-state index >= 15 is 0 Å². The van der Waals surface area contributed by atoms with Gasteiger partial charge in [-0.1, -0.05) is 23.9 Å². The van der Waals surface area contributed by atoms with E-state index in [9.17, 15) is 4.79 Å². The predicted molar refractivity (Wildman–Crippen MR) is 86.0 cm³/mol. The highest BCUT2D eigenvalue weighted by molar-refractivity contribution is 8.00. The zero-order valence-corrected chi connectivity index (χ0v) is 13.7. The molecule has 2 aromatic rings. The number of hydrogen-bond donors (Lipinski definition) is 1. The van der Waals surface area contributed by atoms with E-state index in [-0.39, 0.29) is 11.2 Å². The maximum atomic E-state index is 12.4. The summed E-state index contributed by atoms with van der Waals surface area (Å²) in [4.78, 5) is 12.4. The van der Waals surface area contributed by atoms with E-state index in [0.717, 1.165) is 29.7 Å². The van der Waals surface area contributed by atoms with Gasteiger partial charge >= 0.3 is 0 Å². The number of aryl methyl sites for hydroxylation is 2. The second-order valence-corrected chi connectivity index (χ2v) is 7.01. The first-order chi connectivity index (χ1) is 10.5. The lowest BCUT2D eigenvalue weighted by Crippen LogP contribution is -2.23. The van der Waals surface area contributed by atoms with Crippen LogP contribution in [0.4, 0.5) is 5.69 Å². The Morgan fingerprint density at radius 1 is 1.41 bits per heavy atom. The number of nitrogens with zero attached hydrogens (tertiary/aromatic N) is 4. The van der Waals surface area contributed by atoms with Gasteiger partial charge < -0.3 is 5.32 Å². The van der Waals surface area contributed by atoms with Crippen LogP contribution in [0.3, 0.4) is 0 Å². The number of benzene rings is 1. The molecule has 0 radical (unpaired) electrons. The number of aromatic nitrogens is 4. The van der Waals surface area contributed by atoms with E-state index in [1.165, 1.54) is 11.8 Å². The van der Waals surface area contributed by atoms with Crippen LogP contribution in [-0.4, -0.2) is 31.4 Å². The Bertz CT molecular complexity index is 695. The van der Waals surface area contributed by atoms with Gasteiger partial charge in [0.05, 0.1) is 11.3 Å². The molecule has 22 heavy (non-hydrogen) atoms. The molecular formula is C15H19N5OS. The first-order valence-electron chi connectivity index (χ1n) is 7.37. The molecule has 1 amide bonds. The molecular weight excluding hydrogens is 298 g/mol. The maximum Gasteiger partial charge on any atom is 0.237 e. The van der Waals surface area contributed by atoms with Crippen LogP contribution < -0.4 is 5.32 Å². The molecule has 3 rings (SSSR count). The fraction of sp³-hybridized carbons (Fsp3) is 0.467. The average Bonchev–Trinajstić information content (AvgIpc) is 3.23. The number of hydrogen-bond acceptors (Lipinski definition) is 5.